The van der Waals surface area contributed by atoms with Gasteiger partial charge in [0, 0.05) is 12.6 Å². The lowest BCUT2D eigenvalue weighted by molar-refractivity contribution is -0.139. The summed E-state index contributed by atoms with van der Waals surface area (Å²) in [5, 5.41) is 11.8. The van der Waals surface area contributed by atoms with E-state index in [1.807, 2.05) is 6.07 Å². The van der Waals surface area contributed by atoms with E-state index in [4.69, 9.17) is 4.42 Å². The SMILES string of the molecule is O=C(NC(Cc1ccoc1)C(=O)O)c1cnc2c(Br)cccn12. The van der Waals surface area contributed by atoms with Crippen LogP contribution in [0.1, 0.15) is 16.1 Å². The fraction of sp³-hybridized carbons (Fsp3) is 0.133. The molecule has 0 aliphatic rings. The summed E-state index contributed by atoms with van der Waals surface area (Å²) in [7, 11) is 0. The maximum atomic E-state index is 12.4. The Bertz CT molecular complexity index is 857. The van der Waals surface area contributed by atoms with Crippen molar-refractivity contribution < 1.29 is 19.1 Å². The topological polar surface area (TPSA) is 96.8 Å². The molecule has 0 bridgehead atoms. The third-order valence-electron chi connectivity index (χ3n) is 3.34. The van der Waals surface area contributed by atoms with Crippen molar-refractivity contribution in [3.05, 3.63) is 58.8 Å². The van der Waals surface area contributed by atoms with Crippen LogP contribution >= 0.6 is 15.9 Å². The van der Waals surface area contributed by atoms with Crippen molar-refractivity contribution >= 4 is 33.5 Å². The van der Waals surface area contributed by atoms with Crippen LogP contribution in [0.3, 0.4) is 0 Å². The highest BCUT2D eigenvalue weighted by Crippen LogP contribution is 2.17. The van der Waals surface area contributed by atoms with Crippen molar-refractivity contribution in [2.75, 3.05) is 0 Å². The summed E-state index contributed by atoms with van der Waals surface area (Å²) in [5.74, 6) is -1.62. The number of carbonyl (C=O) groups is 2. The van der Waals surface area contributed by atoms with Crippen molar-refractivity contribution in [1.29, 1.82) is 0 Å². The lowest BCUT2D eigenvalue weighted by atomic mass is 10.1. The van der Waals surface area contributed by atoms with Gasteiger partial charge in [0.1, 0.15) is 11.7 Å². The van der Waals surface area contributed by atoms with Gasteiger partial charge in [0.05, 0.1) is 23.2 Å². The Balaban J connectivity index is 1.83. The number of hydrogen-bond donors (Lipinski definition) is 2. The average molecular weight is 378 g/mol. The van der Waals surface area contributed by atoms with E-state index in [-0.39, 0.29) is 12.1 Å². The van der Waals surface area contributed by atoms with Gasteiger partial charge in [0.25, 0.3) is 5.91 Å². The monoisotopic (exact) mass is 377 g/mol. The molecule has 7 nitrogen and oxygen atoms in total. The Hall–Kier alpha value is -2.61. The number of carboxylic acids is 1. The van der Waals surface area contributed by atoms with Gasteiger partial charge in [-0.15, -0.1) is 0 Å². The predicted octanol–water partition coefficient (Wildman–Crippen LogP) is 2.12. The molecular formula is C15H12BrN3O4. The maximum absolute atomic E-state index is 12.4. The number of rotatable bonds is 5. The van der Waals surface area contributed by atoms with Crippen LogP contribution < -0.4 is 5.32 Å². The Morgan fingerprint density at radius 2 is 2.26 bits per heavy atom. The Morgan fingerprint density at radius 3 is 2.96 bits per heavy atom. The first-order chi connectivity index (χ1) is 11.1. The van der Waals surface area contributed by atoms with Crippen LogP contribution in [0, 0.1) is 0 Å². The number of pyridine rings is 1. The van der Waals surface area contributed by atoms with E-state index < -0.39 is 17.9 Å². The molecular weight excluding hydrogens is 366 g/mol. The molecule has 118 valence electrons. The van der Waals surface area contributed by atoms with Gasteiger partial charge in [-0.05, 0) is 39.7 Å². The predicted molar refractivity (Wildman–Crippen MR) is 84.2 cm³/mol. The van der Waals surface area contributed by atoms with Gasteiger partial charge < -0.3 is 14.8 Å². The summed E-state index contributed by atoms with van der Waals surface area (Å²) in [4.78, 5) is 27.9. The van der Waals surface area contributed by atoms with Crippen molar-refractivity contribution in [1.82, 2.24) is 14.7 Å². The van der Waals surface area contributed by atoms with Crippen molar-refractivity contribution in [3.8, 4) is 0 Å². The molecule has 1 atom stereocenters. The third kappa shape index (κ3) is 3.11. The smallest absolute Gasteiger partial charge is 0.326 e. The summed E-state index contributed by atoms with van der Waals surface area (Å²) in [6, 6.07) is 4.17. The molecule has 0 aliphatic carbocycles. The quantitative estimate of drug-likeness (QED) is 0.709. The molecule has 1 amide bonds. The first kappa shape index (κ1) is 15.3. The molecule has 2 N–H and O–H groups in total. The summed E-state index contributed by atoms with van der Waals surface area (Å²) < 4.78 is 7.25. The fourth-order valence-electron chi connectivity index (χ4n) is 2.22. The maximum Gasteiger partial charge on any atom is 0.326 e. The van der Waals surface area contributed by atoms with Crippen molar-refractivity contribution in [2.24, 2.45) is 0 Å². The number of imidazole rings is 1. The van der Waals surface area contributed by atoms with Crippen LogP contribution in [0.5, 0.6) is 0 Å². The number of halogens is 1. The highest BCUT2D eigenvalue weighted by Gasteiger charge is 2.23. The molecule has 0 radical (unpaired) electrons. The number of carbonyl (C=O) groups excluding carboxylic acids is 1. The van der Waals surface area contributed by atoms with Gasteiger partial charge in [-0.1, -0.05) is 0 Å². The van der Waals surface area contributed by atoms with Gasteiger partial charge in [0.2, 0.25) is 0 Å². The van der Waals surface area contributed by atoms with Crippen molar-refractivity contribution in [2.45, 2.75) is 12.5 Å². The molecule has 0 fully saturated rings. The summed E-state index contributed by atoms with van der Waals surface area (Å²) in [6.45, 7) is 0. The van der Waals surface area contributed by atoms with E-state index in [0.29, 0.717) is 11.2 Å². The minimum absolute atomic E-state index is 0.137. The van der Waals surface area contributed by atoms with Gasteiger partial charge in [-0.2, -0.15) is 0 Å². The van der Waals surface area contributed by atoms with Crippen LogP contribution in [-0.4, -0.2) is 32.4 Å². The second-order valence-corrected chi connectivity index (χ2v) is 5.75. The summed E-state index contributed by atoms with van der Waals surface area (Å²) in [5.41, 5.74) is 1.54. The Labute approximate surface area is 139 Å². The number of furan rings is 1. The Kier molecular flexibility index (Phi) is 4.16. The van der Waals surface area contributed by atoms with Crippen molar-refractivity contribution in [3.63, 3.8) is 0 Å². The van der Waals surface area contributed by atoms with E-state index >= 15 is 0 Å². The molecule has 3 aromatic heterocycles. The molecule has 3 rings (SSSR count). The minimum atomic E-state index is -1.12. The van der Waals surface area contributed by atoms with Crippen LogP contribution in [-0.2, 0) is 11.2 Å². The molecule has 0 aliphatic heterocycles. The van der Waals surface area contributed by atoms with Crippen LogP contribution in [0.15, 0.2) is 52.0 Å². The summed E-state index contributed by atoms with van der Waals surface area (Å²) in [6.07, 6.45) is 6.14. The summed E-state index contributed by atoms with van der Waals surface area (Å²) >= 11 is 3.35. The number of aliphatic carboxylic acids is 1. The molecule has 3 heterocycles. The lowest BCUT2D eigenvalue weighted by Crippen LogP contribution is -2.42. The molecule has 3 aromatic rings. The molecule has 8 heteroatoms. The average Bonchev–Trinajstić information content (AvgIpc) is 3.16. The van der Waals surface area contributed by atoms with E-state index in [1.54, 1.807) is 22.7 Å². The zero-order valence-corrected chi connectivity index (χ0v) is 13.4. The second kappa shape index (κ2) is 6.25. The molecule has 0 saturated carbocycles. The lowest BCUT2D eigenvalue weighted by Gasteiger charge is -2.13. The number of fused-ring (bicyclic) bond motifs is 1. The van der Waals surface area contributed by atoms with Gasteiger partial charge in [-0.25, -0.2) is 9.78 Å². The second-order valence-electron chi connectivity index (χ2n) is 4.89. The highest BCUT2D eigenvalue weighted by molar-refractivity contribution is 9.10. The number of hydrogen-bond acceptors (Lipinski definition) is 4. The fourth-order valence-corrected chi connectivity index (χ4v) is 2.67. The standard InChI is InChI=1S/C15H12BrN3O4/c16-10-2-1-4-19-12(7-17-13(10)19)14(20)18-11(15(21)22)6-9-3-5-23-8-9/h1-5,7-8,11H,6H2,(H,18,20)(H,21,22). The zero-order valence-electron chi connectivity index (χ0n) is 11.8. The zero-order chi connectivity index (χ0) is 16.4. The number of nitrogens with zero attached hydrogens (tertiary/aromatic N) is 2. The van der Waals surface area contributed by atoms with E-state index in [0.717, 1.165) is 4.47 Å². The van der Waals surface area contributed by atoms with E-state index in [1.165, 1.54) is 18.7 Å². The number of amides is 1. The molecule has 1 unspecified atom stereocenters. The minimum Gasteiger partial charge on any atom is -0.480 e. The van der Waals surface area contributed by atoms with Crippen LogP contribution in [0.25, 0.3) is 5.65 Å². The Morgan fingerprint density at radius 1 is 1.43 bits per heavy atom. The normalized spacial score (nSPS) is 12.2. The number of nitrogens with one attached hydrogen (secondary N) is 1. The van der Waals surface area contributed by atoms with Gasteiger partial charge in [-0.3, -0.25) is 9.20 Å². The van der Waals surface area contributed by atoms with E-state index in [9.17, 15) is 14.7 Å². The first-order valence-corrected chi connectivity index (χ1v) is 7.52. The molecule has 23 heavy (non-hydrogen) atoms. The van der Waals surface area contributed by atoms with Gasteiger partial charge in [0.15, 0.2) is 5.65 Å². The molecule has 0 spiro atoms. The molecule has 0 aromatic carbocycles. The van der Waals surface area contributed by atoms with Crippen LogP contribution in [0.4, 0.5) is 0 Å². The van der Waals surface area contributed by atoms with Crippen LogP contribution in [0.2, 0.25) is 0 Å². The van der Waals surface area contributed by atoms with E-state index in [2.05, 4.69) is 26.2 Å². The third-order valence-corrected chi connectivity index (χ3v) is 3.96. The first-order valence-electron chi connectivity index (χ1n) is 6.72. The van der Waals surface area contributed by atoms with Gasteiger partial charge >= 0.3 is 5.97 Å². The highest BCUT2D eigenvalue weighted by atomic mass is 79.9. The number of aromatic nitrogens is 2. The molecule has 0 saturated heterocycles. The largest absolute Gasteiger partial charge is 0.480 e. The number of carboxylic acid groups (broad SMARTS) is 1.